The molecular weight excluding hydrogens is 487 g/mol. The molecule has 0 radical (unpaired) electrons. The molecule has 0 aliphatic heterocycles. The molecule has 3 rings (SSSR count). The predicted octanol–water partition coefficient (Wildman–Crippen LogP) is 3.86. The smallest absolute Gasteiger partial charge is 0.349 e. The van der Waals surface area contributed by atoms with Crippen LogP contribution < -0.4 is 5.32 Å². The molecule has 0 unspecified atom stereocenters. The Balaban J connectivity index is 1.89. The van der Waals surface area contributed by atoms with E-state index < -0.39 is 36.0 Å². The van der Waals surface area contributed by atoms with Gasteiger partial charge in [-0.05, 0) is 60.7 Å². The number of aromatic nitrogens is 1. The Morgan fingerprint density at radius 1 is 0.794 bits per heavy atom. The lowest BCUT2D eigenvalue weighted by Gasteiger charge is -2.23. The minimum atomic E-state index is -2.17. The summed E-state index contributed by atoms with van der Waals surface area (Å²) in [7, 11) is 0. The monoisotopic (exact) mass is 502 g/mol. The standard InChI is InChI=1S/C23H16Cl2N2O7/c24-15-7-3-13(4-8-15)22(31)33-18(20(28)27-17-2-1-11-26-12-17)19(21(29)30)34-23(32)14-5-9-16(25)10-6-14/h1-12,18-19H,(H,27,28)(H,29,30)/t18-,19+/m0/s1. The summed E-state index contributed by atoms with van der Waals surface area (Å²) < 4.78 is 10.3. The SMILES string of the molecule is O=C(O[C@H](C(=O)Nc1cccnc1)[C@@H](OC(=O)c1ccc(Cl)cc1)C(=O)O)c1ccc(Cl)cc1. The average molecular weight is 503 g/mol. The highest BCUT2D eigenvalue weighted by atomic mass is 35.5. The molecule has 1 heterocycles. The lowest BCUT2D eigenvalue weighted by Crippen LogP contribution is -2.48. The number of rotatable bonds is 8. The molecule has 1 amide bonds. The molecular formula is C23H16Cl2N2O7. The average Bonchev–Trinajstić information content (AvgIpc) is 2.82. The van der Waals surface area contributed by atoms with Gasteiger partial charge in [-0.15, -0.1) is 0 Å². The van der Waals surface area contributed by atoms with Crippen LogP contribution in [0, 0.1) is 0 Å². The Bertz CT molecular complexity index is 1190. The molecule has 2 atom stereocenters. The zero-order valence-electron chi connectivity index (χ0n) is 17.2. The summed E-state index contributed by atoms with van der Waals surface area (Å²) in [4.78, 5) is 53.9. The predicted molar refractivity (Wildman–Crippen MR) is 122 cm³/mol. The Morgan fingerprint density at radius 3 is 1.74 bits per heavy atom. The first kappa shape index (κ1) is 24.7. The minimum Gasteiger partial charge on any atom is -0.478 e. The van der Waals surface area contributed by atoms with E-state index in [-0.39, 0.29) is 16.8 Å². The van der Waals surface area contributed by atoms with Crippen molar-refractivity contribution in [2.45, 2.75) is 12.2 Å². The highest BCUT2D eigenvalue weighted by Gasteiger charge is 2.41. The van der Waals surface area contributed by atoms with Gasteiger partial charge in [0.1, 0.15) is 0 Å². The number of pyridine rings is 1. The highest BCUT2D eigenvalue weighted by molar-refractivity contribution is 6.31. The van der Waals surface area contributed by atoms with Crippen molar-refractivity contribution in [3.05, 3.63) is 94.2 Å². The van der Waals surface area contributed by atoms with Gasteiger partial charge >= 0.3 is 17.9 Å². The van der Waals surface area contributed by atoms with Crippen LogP contribution in [0.1, 0.15) is 20.7 Å². The maximum Gasteiger partial charge on any atom is 0.349 e. The van der Waals surface area contributed by atoms with E-state index in [0.29, 0.717) is 10.0 Å². The minimum absolute atomic E-state index is 0.00301. The third-order valence-corrected chi connectivity index (χ3v) is 4.84. The molecule has 9 nitrogen and oxygen atoms in total. The van der Waals surface area contributed by atoms with E-state index in [4.69, 9.17) is 32.7 Å². The second-order valence-corrected chi connectivity index (χ2v) is 7.61. The lowest BCUT2D eigenvalue weighted by atomic mass is 10.1. The van der Waals surface area contributed by atoms with Crippen LogP contribution in [0.25, 0.3) is 0 Å². The number of ether oxygens (including phenoxy) is 2. The summed E-state index contributed by atoms with van der Waals surface area (Å²) >= 11 is 11.6. The fourth-order valence-electron chi connectivity index (χ4n) is 2.68. The first-order valence-electron chi connectivity index (χ1n) is 9.61. The third kappa shape index (κ3) is 6.53. The number of aliphatic carboxylic acids is 1. The molecule has 0 bridgehead atoms. The number of benzene rings is 2. The van der Waals surface area contributed by atoms with Gasteiger partial charge in [0, 0.05) is 16.2 Å². The summed E-state index contributed by atoms with van der Waals surface area (Å²) in [5.74, 6) is -4.85. The second-order valence-electron chi connectivity index (χ2n) is 6.73. The van der Waals surface area contributed by atoms with Crippen LogP contribution >= 0.6 is 23.2 Å². The Labute approximate surface area is 203 Å². The van der Waals surface area contributed by atoms with Crippen molar-refractivity contribution in [1.29, 1.82) is 0 Å². The van der Waals surface area contributed by atoms with Gasteiger partial charge in [-0.3, -0.25) is 9.78 Å². The van der Waals surface area contributed by atoms with Gasteiger partial charge in [-0.25, -0.2) is 14.4 Å². The van der Waals surface area contributed by atoms with Gasteiger partial charge in [0.05, 0.1) is 23.0 Å². The van der Waals surface area contributed by atoms with Crippen molar-refractivity contribution >= 4 is 52.7 Å². The summed E-state index contributed by atoms with van der Waals surface area (Å²) in [6.45, 7) is 0. The molecule has 2 N–H and O–H groups in total. The molecule has 174 valence electrons. The number of carbonyl (C=O) groups excluding carboxylic acids is 3. The van der Waals surface area contributed by atoms with Gasteiger partial charge in [0.25, 0.3) is 5.91 Å². The third-order valence-electron chi connectivity index (χ3n) is 4.33. The molecule has 0 aliphatic rings. The fraction of sp³-hybridized carbons (Fsp3) is 0.0870. The van der Waals surface area contributed by atoms with Crippen LogP contribution in [0.15, 0.2) is 73.1 Å². The van der Waals surface area contributed by atoms with Gasteiger partial charge < -0.3 is 19.9 Å². The number of amides is 1. The van der Waals surface area contributed by atoms with Crippen LogP contribution in [0.2, 0.25) is 10.0 Å². The van der Waals surface area contributed by atoms with Crippen LogP contribution in [0.5, 0.6) is 0 Å². The molecule has 34 heavy (non-hydrogen) atoms. The van der Waals surface area contributed by atoms with E-state index >= 15 is 0 Å². The van der Waals surface area contributed by atoms with Crippen molar-refractivity contribution in [3.8, 4) is 0 Å². The zero-order valence-corrected chi connectivity index (χ0v) is 18.7. The number of carbonyl (C=O) groups is 4. The Kier molecular flexibility index (Phi) is 8.18. The Morgan fingerprint density at radius 2 is 1.29 bits per heavy atom. The first-order chi connectivity index (χ1) is 16.2. The number of carboxylic acids is 1. The largest absolute Gasteiger partial charge is 0.478 e. The number of nitrogens with zero attached hydrogens (tertiary/aromatic N) is 1. The van der Waals surface area contributed by atoms with Crippen molar-refractivity contribution < 1.29 is 33.8 Å². The summed E-state index contributed by atoms with van der Waals surface area (Å²) in [6.07, 6.45) is -1.46. The van der Waals surface area contributed by atoms with E-state index in [1.165, 1.54) is 73.1 Å². The number of carboxylic acid groups (broad SMARTS) is 1. The van der Waals surface area contributed by atoms with Crippen LogP contribution in [0.3, 0.4) is 0 Å². The zero-order chi connectivity index (χ0) is 24.7. The molecule has 0 saturated carbocycles. The first-order valence-corrected chi connectivity index (χ1v) is 10.4. The number of hydrogen-bond acceptors (Lipinski definition) is 7. The summed E-state index contributed by atoms with van der Waals surface area (Å²) in [6, 6.07) is 13.9. The van der Waals surface area contributed by atoms with Gasteiger partial charge in [0.15, 0.2) is 0 Å². The molecule has 0 spiro atoms. The molecule has 0 saturated heterocycles. The van der Waals surface area contributed by atoms with Gasteiger partial charge in [-0.2, -0.15) is 0 Å². The number of halogens is 2. The molecule has 1 aromatic heterocycles. The molecule has 11 heteroatoms. The number of nitrogens with one attached hydrogen (secondary N) is 1. The highest BCUT2D eigenvalue weighted by Crippen LogP contribution is 2.17. The van der Waals surface area contributed by atoms with Crippen molar-refractivity contribution in [1.82, 2.24) is 4.98 Å². The van der Waals surface area contributed by atoms with Crippen molar-refractivity contribution in [2.75, 3.05) is 5.32 Å². The maximum absolute atomic E-state index is 12.9. The fourth-order valence-corrected chi connectivity index (χ4v) is 2.94. The number of hydrogen-bond donors (Lipinski definition) is 2. The Hall–Kier alpha value is -3.95. The number of esters is 2. The summed E-state index contributed by atoms with van der Waals surface area (Å²) in [5.41, 5.74) is 0.177. The summed E-state index contributed by atoms with van der Waals surface area (Å²) in [5, 5.41) is 12.8. The molecule has 2 aromatic carbocycles. The normalized spacial score (nSPS) is 12.2. The lowest BCUT2D eigenvalue weighted by molar-refractivity contribution is -0.157. The quantitative estimate of drug-likeness (QED) is 0.443. The molecule has 3 aromatic rings. The topological polar surface area (TPSA) is 132 Å². The van der Waals surface area contributed by atoms with E-state index in [2.05, 4.69) is 10.3 Å². The van der Waals surface area contributed by atoms with E-state index in [0.717, 1.165) is 0 Å². The molecule has 0 aliphatic carbocycles. The molecule has 0 fully saturated rings. The van der Waals surface area contributed by atoms with Crippen LogP contribution in [-0.4, -0.2) is 46.1 Å². The van der Waals surface area contributed by atoms with Crippen molar-refractivity contribution in [3.63, 3.8) is 0 Å². The second kappa shape index (κ2) is 11.3. The van der Waals surface area contributed by atoms with Crippen LogP contribution in [-0.2, 0) is 19.1 Å². The van der Waals surface area contributed by atoms with Gasteiger partial charge in [0.2, 0.25) is 12.2 Å². The maximum atomic E-state index is 12.9. The van der Waals surface area contributed by atoms with Crippen molar-refractivity contribution in [2.24, 2.45) is 0 Å². The van der Waals surface area contributed by atoms with E-state index in [1.807, 2.05) is 0 Å². The van der Waals surface area contributed by atoms with E-state index in [1.54, 1.807) is 0 Å². The number of anilines is 1. The van der Waals surface area contributed by atoms with Gasteiger partial charge in [-0.1, -0.05) is 23.2 Å². The van der Waals surface area contributed by atoms with Crippen LogP contribution in [0.4, 0.5) is 5.69 Å². The van der Waals surface area contributed by atoms with E-state index in [9.17, 15) is 24.3 Å².